The summed E-state index contributed by atoms with van der Waals surface area (Å²) in [5.74, 6) is 1.24. The summed E-state index contributed by atoms with van der Waals surface area (Å²) in [7, 11) is 0. The summed E-state index contributed by atoms with van der Waals surface area (Å²) in [6.45, 7) is 12.3. The second kappa shape index (κ2) is 8.31. The van der Waals surface area contributed by atoms with E-state index in [9.17, 15) is 0 Å². The summed E-state index contributed by atoms with van der Waals surface area (Å²) in [4.78, 5) is 0. The molecule has 0 aliphatic carbocycles. The van der Waals surface area contributed by atoms with Gasteiger partial charge in [0.15, 0.2) is 0 Å². The minimum absolute atomic E-state index is 0.413. The van der Waals surface area contributed by atoms with Crippen molar-refractivity contribution < 1.29 is 0 Å². The highest BCUT2D eigenvalue weighted by molar-refractivity contribution is 5.31. The van der Waals surface area contributed by atoms with Gasteiger partial charge in [-0.1, -0.05) is 76.2 Å². The van der Waals surface area contributed by atoms with Crippen molar-refractivity contribution in [2.45, 2.75) is 59.5 Å². The zero-order valence-corrected chi connectivity index (χ0v) is 15.3. The summed E-state index contributed by atoms with van der Waals surface area (Å²) in [5, 5.41) is 3.82. The van der Waals surface area contributed by atoms with Gasteiger partial charge in [-0.3, -0.25) is 0 Å². The molecule has 23 heavy (non-hydrogen) atoms. The Morgan fingerprint density at radius 2 is 1.43 bits per heavy atom. The van der Waals surface area contributed by atoms with Crippen molar-refractivity contribution in [3.05, 3.63) is 70.8 Å². The molecular formula is C22H31N. The maximum absolute atomic E-state index is 3.82. The molecule has 0 saturated heterocycles. The van der Waals surface area contributed by atoms with Gasteiger partial charge in [0.2, 0.25) is 0 Å². The Morgan fingerprint density at radius 3 is 2.04 bits per heavy atom. The van der Waals surface area contributed by atoms with Crippen LogP contribution in [0.1, 0.15) is 68.3 Å². The fourth-order valence-corrected chi connectivity index (χ4v) is 3.26. The predicted octanol–water partition coefficient (Wildman–Crippen LogP) is 6.00. The summed E-state index contributed by atoms with van der Waals surface area (Å²) in [5.41, 5.74) is 5.68. The van der Waals surface area contributed by atoms with E-state index >= 15 is 0 Å². The molecule has 0 amide bonds. The molecule has 0 saturated carbocycles. The fourth-order valence-electron chi connectivity index (χ4n) is 3.26. The Hall–Kier alpha value is -1.60. The topological polar surface area (TPSA) is 12.0 Å². The maximum Gasteiger partial charge on any atom is 0.0328 e. The Kier molecular flexibility index (Phi) is 6.41. The van der Waals surface area contributed by atoms with E-state index in [1.54, 1.807) is 0 Å². The molecule has 0 heterocycles. The van der Waals surface area contributed by atoms with Crippen molar-refractivity contribution in [2.24, 2.45) is 5.92 Å². The molecule has 0 radical (unpaired) electrons. The lowest BCUT2D eigenvalue weighted by atomic mass is 9.92. The third-order valence-electron chi connectivity index (χ3n) is 4.49. The predicted molar refractivity (Wildman–Crippen MR) is 101 cm³/mol. The molecule has 1 N–H and O–H groups in total. The molecule has 1 unspecified atom stereocenters. The fraction of sp³-hybridized carbons (Fsp3) is 0.455. The van der Waals surface area contributed by atoms with E-state index in [2.05, 4.69) is 88.5 Å². The van der Waals surface area contributed by atoms with Gasteiger partial charge in [0.05, 0.1) is 0 Å². The highest BCUT2D eigenvalue weighted by atomic mass is 14.9. The van der Waals surface area contributed by atoms with Crippen LogP contribution in [-0.2, 0) is 6.54 Å². The van der Waals surface area contributed by atoms with Crippen molar-refractivity contribution >= 4 is 0 Å². The van der Waals surface area contributed by atoms with E-state index < -0.39 is 0 Å². The van der Waals surface area contributed by atoms with Crippen LogP contribution in [0.3, 0.4) is 0 Å². The molecule has 1 atom stereocenters. The van der Waals surface area contributed by atoms with Crippen molar-refractivity contribution in [2.75, 3.05) is 0 Å². The Balaban J connectivity index is 2.18. The van der Waals surface area contributed by atoms with Crippen LogP contribution in [0.5, 0.6) is 0 Å². The first kappa shape index (κ1) is 17.7. The van der Waals surface area contributed by atoms with Gasteiger partial charge in [-0.05, 0) is 47.4 Å². The van der Waals surface area contributed by atoms with Crippen LogP contribution < -0.4 is 5.32 Å². The van der Waals surface area contributed by atoms with E-state index in [-0.39, 0.29) is 0 Å². The molecule has 2 rings (SSSR count). The highest BCUT2D eigenvalue weighted by Gasteiger charge is 2.15. The van der Waals surface area contributed by atoms with E-state index in [1.165, 1.54) is 22.3 Å². The molecule has 0 aliphatic rings. The first-order valence-electron chi connectivity index (χ1n) is 8.85. The summed E-state index contributed by atoms with van der Waals surface area (Å²) in [6, 6.07) is 18.0. The quantitative estimate of drug-likeness (QED) is 0.662. The Morgan fingerprint density at radius 1 is 0.826 bits per heavy atom. The third-order valence-corrected chi connectivity index (χ3v) is 4.49. The standard InChI is InChI=1S/C22H31N/c1-16(2)14-22(21-13-8-6-10-18(21)5)23-15-19-11-7-9-12-20(19)17(3)4/h6-13,16-17,22-23H,14-15H2,1-5H3. The van der Waals surface area contributed by atoms with Gasteiger partial charge in [0.25, 0.3) is 0 Å². The van der Waals surface area contributed by atoms with Gasteiger partial charge in [-0.2, -0.15) is 0 Å². The van der Waals surface area contributed by atoms with Crippen LogP contribution in [-0.4, -0.2) is 0 Å². The molecule has 0 aromatic heterocycles. The summed E-state index contributed by atoms with van der Waals surface area (Å²) < 4.78 is 0. The molecule has 0 spiro atoms. The lowest BCUT2D eigenvalue weighted by Gasteiger charge is -2.24. The third kappa shape index (κ3) is 4.94. The number of nitrogens with one attached hydrogen (secondary N) is 1. The first-order chi connectivity index (χ1) is 11.0. The Bertz CT molecular complexity index is 613. The average Bonchev–Trinajstić information content (AvgIpc) is 2.52. The molecule has 0 aliphatic heterocycles. The van der Waals surface area contributed by atoms with Gasteiger partial charge in [0, 0.05) is 12.6 Å². The van der Waals surface area contributed by atoms with Crippen LogP contribution >= 0.6 is 0 Å². The zero-order chi connectivity index (χ0) is 16.8. The summed E-state index contributed by atoms with van der Waals surface area (Å²) in [6.07, 6.45) is 1.16. The van der Waals surface area contributed by atoms with Gasteiger partial charge >= 0.3 is 0 Å². The largest absolute Gasteiger partial charge is 0.306 e. The molecule has 2 aromatic rings. The van der Waals surface area contributed by atoms with Crippen LogP contribution in [0.2, 0.25) is 0 Å². The van der Waals surface area contributed by atoms with Crippen molar-refractivity contribution in [3.8, 4) is 0 Å². The number of benzene rings is 2. The van der Waals surface area contributed by atoms with Gasteiger partial charge in [-0.25, -0.2) is 0 Å². The van der Waals surface area contributed by atoms with E-state index in [0.29, 0.717) is 17.9 Å². The highest BCUT2D eigenvalue weighted by Crippen LogP contribution is 2.26. The van der Waals surface area contributed by atoms with Crippen LogP contribution in [0.4, 0.5) is 0 Å². The van der Waals surface area contributed by atoms with Crippen LogP contribution in [0.15, 0.2) is 48.5 Å². The molecule has 0 fully saturated rings. The first-order valence-corrected chi connectivity index (χ1v) is 8.85. The minimum Gasteiger partial charge on any atom is -0.306 e. The molecule has 0 bridgehead atoms. The van der Waals surface area contributed by atoms with Crippen molar-refractivity contribution in [1.82, 2.24) is 5.32 Å². The molecular weight excluding hydrogens is 278 g/mol. The summed E-state index contributed by atoms with van der Waals surface area (Å²) >= 11 is 0. The average molecular weight is 309 g/mol. The Labute approximate surface area is 142 Å². The number of aryl methyl sites for hydroxylation is 1. The second-order valence-corrected chi connectivity index (χ2v) is 7.27. The molecule has 2 aromatic carbocycles. The van der Waals surface area contributed by atoms with Gasteiger partial charge < -0.3 is 5.32 Å². The van der Waals surface area contributed by atoms with Crippen LogP contribution in [0.25, 0.3) is 0 Å². The maximum atomic E-state index is 3.82. The second-order valence-electron chi connectivity index (χ2n) is 7.27. The zero-order valence-electron chi connectivity index (χ0n) is 15.3. The number of hydrogen-bond donors (Lipinski definition) is 1. The monoisotopic (exact) mass is 309 g/mol. The lowest BCUT2D eigenvalue weighted by molar-refractivity contribution is 0.426. The van der Waals surface area contributed by atoms with Crippen molar-refractivity contribution in [1.29, 1.82) is 0 Å². The number of rotatable bonds is 7. The van der Waals surface area contributed by atoms with Crippen molar-refractivity contribution in [3.63, 3.8) is 0 Å². The minimum atomic E-state index is 0.413. The molecule has 124 valence electrons. The number of hydrogen-bond acceptors (Lipinski definition) is 1. The van der Waals surface area contributed by atoms with Gasteiger partial charge in [-0.15, -0.1) is 0 Å². The molecule has 1 heteroatoms. The normalized spacial score (nSPS) is 12.8. The SMILES string of the molecule is Cc1ccccc1C(CC(C)C)NCc1ccccc1C(C)C. The molecule has 1 nitrogen and oxygen atoms in total. The van der Waals surface area contributed by atoms with Crippen LogP contribution in [0, 0.1) is 12.8 Å². The van der Waals surface area contributed by atoms with E-state index in [1.807, 2.05) is 0 Å². The van der Waals surface area contributed by atoms with E-state index in [0.717, 1.165) is 13.0 Å². The lowest BCUT2D eigenvalue weighted by Crippen LogP contribution is -2.24. The van der Waals surface area contributed by atoms with E-state index in [4.69, 9.17) is 0 Å². The smallest absolute Gasteiger partial charge is 0.0328 e. The van der Waals surface area contributed by atoms with Gasteiger partial charge in [0.1, 0.15) is 0 Å².